The third-order valence-electron chi connectivity index (χ3n) is 4.13. The summed E-state index contributed by atoms with van der Waals surface area (Å²) < 4.78 is 0. The van der Waals surface area contributed by atoms with E-state index in [-0.39, 0.29) is 0 Å². The molecule has 1 unspecified atom stereocenters. The topological polar surface area (TPSA) is 12.9 Å². The summed E-state index contributed by atoms with van der Waals surface area (Å²) >= 11 is 7.73. The number of thiazole rings is 1. The Bertz CT molecular complexity index is 506. The van der Waals surface area contributed by atoms with E-state index in [0.29, 0.717) is 0 Å². The van der Waals surface area contributed by atoms with Crippen molar-refractivity contribution in [1.82, 2.24) is 4.98 Å². The van der Waals surface area contributed by atoms with E-state index < -0.39 is 0 Å². The van der Waals surface area contributed by atoms with Crippen molar-refractivity contribution in [2.45, 2.75) is 38.0 Å². The van der Waals surface area contributed by atoms with Gasteiger partial charge >= 0.3 is 0 Å². The minimum Gasteiger partial charge on any atom is -0.250 e. The standard InChI is InChI=1S/C16H18ClNS/c17-15-6-4-13(5-7-15)14-3-1-12(11-14)2-8-16-18-9-10-19-16/h4-7,9-10,12,14H,1-3,8,11H2/t12?,14-/m0/s1. The number of halogens is 1. The van der Waals surface area contributed by atoms with Crippen LogP contribution in [-0.4, -0.2) is 4.98 Å². The highest BCUT2D eigenvalue weighted by Crippen LogP contribution is 2.40. The van der Waals surface area contributed by atoms with Crippen molar-refractivity contribution in [3.8, 4) is 0 Å². The fraction of sp³-hybridized carbons (Fsp3) is 0.438. The molecule has 0 amide bonds. The Labute approximate surface area is 123 Å². The first-order valence-electron chi connectivity index (χ1n) is 6.95. The van der Waals surface area contributed by atoms with Gasteiger partial charge in [0.15, 0.2) is 0 Å². The van der Waals surface area contributed by atoms with Crippen LogP contribution >= 0.6 is 22.9 Å². The lowest BCUT2D eigenvalue weighted by Crippen LogP contribution is -1.98. The van der Waals surface area contributed by atoms with Gasteiger partial charge in [-0.05, 0) is 61.6 Å². The summed E-state index contributed by atoms with van der Waals surface area (Å²) in [5.41, 5.74) is 1.46. The van der Waals surface area contributed by atoms with Crippen molar-refractivity contribution in [2.24, 2.45) is 5.92 Å². The predicted molar refractivity (Wildman–Crippen MR) is 82.0 cm³/mol. The summed E-state index contributed by atoms with van der Waals surface area (Å²) in [7, 11) is 0. The summed E-state index contributed by atoms with van der Waals surface area (Å²) in [5, 5.41) is 4.19. The molecule has 1 aliphatic carbocycles. The first-order chi connectivity index (χ1) is 9.31. The monoisotopic (exact) mass is 291 g/mol. The highest BCUT2D eigenvalue weighted by Gasteiger charge is 2.25. The second-order valence-corrected chi connectivity index (χ2v) is 6.81. The van der Waals surface area contributed by atoms with Gasteiger partial charge in [-0.1, -0.05) is 23.7 Å². The molecule has 1 heterocycles. The molecular weight excluding hydrogens is 274 g/mol. The predicted octanol–water partition coefficient (Wildman–Crippen LogP) is 5.31. The number of aryl methyl sites for hydroxylation is 1. The molecule has 100 valence electrons. The molecule has 0 N–H and O–H groups in total. The minimum absolute atomic E-state index is 0.735. The van der Waals surface area contributed by atoms with Crippen LogP contribution in [0.4, 0.5) is 0 Å². The third-order valence-corrected chi connectivity index (χ3v) is 5.22. The number of hydrogen-bond acceptors (Lipinski definition) is 2. The van der Waals surface area contributed by atoms with Gasteiger partial charge in [0.1, 0.15) is 0 Å². The maximum absolute atomic E-state index is 5.95. The summed E-state index contributed by atoms with van der Waals surface area (Å²) in [4.78, 5) is 4.37. The highest BCUT2D eigenvalue weighted by atomic mass is 35.5. The van der Waals surface area contributed by atoms with Gasteiger partial charge in [-0.2, -0.15) is 0 Å². The van der Waals surface area contributed by atoms with Crippen molar-refractivity contribution in [3.05, 3.63) is 51.4 Å². The maximum Gasteiger partial charge on any atom is 0.0924 e. The molecule has 1 nitrogen and oxygen atoms in total. The molecule has 0 bridgehead atoms. The zero-order valence-electron chi connectivity index (χ0n) is 10.9. The third kappa shape index (κ3) is 3.37. The van der Waals surface area contributed by atoms with E-state index in [1.807, 2.05) is 18.3 Å². The zero-order chi connectivity index (χ0) is 13.1. The molecule has 0 spiro atoms. The van der Waals surface area contributed by atoms with Gasteiger partial charge < -0.3 is 0 Å². The average Bonchev–Trinajstić information content (AvgIpc) is 3.09. The molecule has 3 rings (SSSR count). The molecule has 19 heavy (non-hydrogen) atoms. The van der Waals surface area contributed by atoms with Gasteiger partial charge in [0.25, 0.3) is 0 Å². The Morgan fingerprint density at radius 2 is 2.05 bits per heavy atom. The van der Waals surface area contributed by atoms with Crippen LogP contribution in [-0.2, 0) is 6.42 Å². The zero-order valence-corrected chi connectivity index (χ0v) is 12.5. The summed E-state index contributed by atoms with van der Waals surface area (Å²) in [6, 6.07) is 8.41. The van der Waals surface area contributed by atoms with E-state index in [1.54, 1.807) is 11.3 Å². The van der Waals surface area contributed by atoms with Gasteiger partial charge in [0.2, 0.25) is 0 Å². The molecule has 0 radical (unpaired) electrons. The lowest BCUT2D eigenvalue weighted by molar-refractivity contribution is 0.495. The van der Waals surface area contributed by atoms with Crippen molar-refractivity contribution >= 4 is 22.9 Å². The fourth-order valence-electron chi connectivity index (χ4n) is 3.08. The molecular formula is C16H18ClNS. The van der Waals surface area contributed by atoms with Gasteiger partial charge in [-0.25, -0.2) is 4.98 Å². The van der Waals surface area contributed by atoms with E-state index in [4.69, 9.17) is 11.6 Å². The number of aromatic nitrogens is 1. The Morgan fingerprint density at radius 3 is 2.79 bits per heavy atom. The summed E-state index contributed by atoms with van der Waals surface area (Å²) in [5.74, 6) is 1.60. The second-order valence-electron chi connectivity index (χ2n) is 5.39. The highest BCUT2D eigenvalue weighted by molar-refractivity contribution is 7.09. The van der Waals surface area contributed by atoms with E-state index in [2.05, 4.69) is 22.5 Å². The molecule has 1 aromatic carbocycles. The second kappa shape index (κ2) is 6.06. The van der Waals surface area contributed by atoms with Crippen LogP contribution in [0.25, 0.3) is 0 Å². The molecule has 0 saturated heterocycles. The van der Waals surface area contributed by atoms with E-state index in [9.17, 15) is 0 Å². The Hall–Kier alpha value is -0.860. The quantitative estimate of drug-likeness (QED) is 0.743. The van der Waals surface area contributed by atoms with Gasteiger partial charge in [-0.15, -0.1) is 11.3 Å². The van der Waals surface area contributed by atoms with E-state index in [0.717, 1.165) is 23.3 Å². The van der Waals surface area contributed by atoms with Crippen molar-refractivity contribution < 1.29 is 0 Å². The summed E-state index contributed by atoms with van der Waals surface area (Å²) in [6.07, 6.45) is 8.36. The van der Waals surface area contributed by atoms with Crippen LogP contribution in [0, 0.1) is 5.92 Å². The molecule has 2 atom stereocenters. The first kappa shape index (κ1) is 13.1. The lowest BCUT2D eigenvalue weighted by Gasteiger charge is -2.11. The maximum atomic E-state index is 5.95. The fourth-order valence-corrected chi connectivity index (χ4v) is 3.84. The SMILES string of the molecule is Clc1ccc([C@H]2CCC(CCc3nccs3)C2)cc1. The normalized spacial score (nSPS) is 22.8. The molecule has 3 heteroatoms. The van der Waals surface area contributed by atoms with E-state index >= 15 is 0 Å². The Kier molecular flexibility index (Phi) is 4.19. The van der Waals surface area contributed by atoms with Gasteiger partial charge in [0, 0.05) is 16.6 Å². The minimum atomic E-state index is 0.735. The van der Waals surface area contributed by atoms with Crippen LogP contribution in [0.2, 0.25) is 5.02 Å². The van der Waals surface area contributed by atoms with Crippen LogP contribution < -0.4 is 0 Å². The molecule has 1 fully saturated rings. The van der Waals surface area contributed by atoms with Gasteiger partial charge in [-0.3, -0.25) is 0 Å². The van der Waals surface area contributed by atoms with Gasteiger partial charge in [0.05, 0.1) is 5.01 Å². The Balaban J connectivity index is 1.53. The smallest absolute Gasteiger partial charge is 0.0924 e. The Morgan fingerprint density at radius 1 is 1.21 bits per heavy atom. The lowest BCUT2D eigenvalue weighted by atomic mass is 9.95. The molecule has 2 aromatic rings. The number of rotatable bonds is 4. The number of hydrogen-bond donors (Lipinski definition) is 0. The van der Waals surface area contributed by atoms with E-state index in [1.165, 1.54) is 36.3 Å². The largest absolute Gasteiger partial charge is 0.250 e. The van der Waals surface area contributed by atoms with Crippen molar-refractivity contribution in [3.63, 3.8) is 0 Å². The van der Waals surface area contributed by atoms with Crippen LogP contribution in [0.1, 0.15) is 42.2 Å². The average molecular weight is 292 g/mol. The number of benzene rings is 1. The first-order valence-corrected chi connectivity index (χ1v) is 8.21. The number of nitrogens with zero attached hydrogens (tertiary/aromatic N) is 1. The summed E-state index contributed by atoms with van der Waals surface area (Å²) in [6.45, 7) is 0. The van der Waals surface area contributed by atoms with Crippen LogP contribution in [0.3, 0.4) is 0 Å². The molecule has 1 aliphatic rings. The van der Waals surface area contributed by atoms with Crippen molar-refractivity contribution in [2.75, 3.05) is 0 Å². The molecule has 1 aromatic heterocycles. The molecule has 0 aliphatic heterocycles. The molecule has 1 saturated carbocycles. The van der Waals surface area contributed by atoms with Crippen LogP contribution in [0.15, 0.2) is 35.8 Å². The van der Waals surface area contributed by atoms with Crippen molar-refractivity contribution in [1.29, 1.82) is 0 Å². The van der Waals surface area contributed by atoms with Crippen LogP contribution in [0.5, 0.6) is 0 Å².